The highest BCUT2D eigenvalue weighted by Crippen LogP contribution is 2.42. The van der Waals surface area contributed by atoms with Crippen molar-refractivity contribution in [2.75, 3.05) is 11.4 Å². The Balaban J connectivity index is 1.96. The summed E-state index contributed by atoms with van der Waals surface area (Å²) in [6.45, 7) is -0.400. The first-order chi connectivity index (χ1) is 11.8. The van der Waals surface area contributed by atoms with E-state index in [1.54, 1.807) is 18.2 Å². The number of carbonyl (C=O) groups excluding carboxylic acids is 3. The highest BCUT2D eigenvalue weighted by atomic mass is 19.1. The molecule has 3 N–H and O–H groups in total. The second kappa shape index (κ2) is 6.10. The van der Waals surface area contributed by atoms with E-state index in [2.05, 4.69) is 0 Å². The Morgan fingerprint density at radius 1 is 1.12 bits per heavy atom. The van der Waals surface area contributed by atoms with Crippen molar-refractivity contribution in [1.29, 1.82) is 0 Å². The summed E-state index contributed by atoms with van der Waals surface area (Å²) < 4.78 is 13.0. The van der Waals surface area contributed by atoms with Gasteiger partial charge in [-0.15, -0.1) is 0 Å². The zero-order valence-electron chi connectivity index (χ0n) is 13.1. The molecule has 0 bridgehead atoms. The van der Waals surface area contributed by atoms with Crippen LogP contribution >= 0.6 is 0 Å². The summed E-state index contributed by atoms with van der Waals surface area (Å²) in [5.74, 6) is -2.54. The van der Waals surface area contributed by atoms with Gasteiger partial charge >= 0.3 is 0 Å². The molecule has 2 amide bonds. The van der Waals surface area contributed by atoms with Crippen LogP contribution in [-0.4, -0.2) is 29.2 Å². The number of amides is 2. The molecule has 2 aromatic carbocycles. The van der Waals surface area contributed by atoms with Crippen LogP contribution in [0, 0.1) is 5.82 Å². The van der Waals surface area contributed by atoms with Crippen LogP contribution in [0.5, 0.6) is 0 Å². The van der Waals surface area contributed by atoms with E-state index in [0.29, 0.717) is 5.69 Å². The van der Waals surface area contributed by atoms with Gasteiger partial charge in [0.15, 0.2) is 11.4 Å². The molecular formula is C18H15FN2O4. The molecule has 25 heavy (non-hydrogen) atoms. The average molecular weight is 342 g/mol. The van der Waals surface area contributed by atoms with Gasteiger partial charge in [-0.25, -0.2) is 4.39 Å². The molecular weight excluding hydrogens is 327 g/mol. The molecule has 0 spiro atoms. The highest BCUT2D eigenvalue weighted by molar-refractivity contribution is 6.12. The predicted octanol–water partition coefficient (Wildman–Crippen LogP) is 1.12. The minimum atomic E-state index is -2.10. The lowest BCUT2D eigenvalue weighted by atomic mass is 9.88. The number of nitrogens with two attached hydrogens (primary N) is 1. The standard InChI is InChI=1S/C18H15FN2O4/c19-12-7-5-11(6-8-12)15(22)9-18(25)13-3-1-2-4-14(13)21(17(18)24)10-16(20)23/h1-8,25H,9-10H2,(H2,20,23)/t18-/m0/s1. The average Bonchev–Trinajstić information content (AvgIpc) is 2.77. The van der Waals surface area contributed by atoms with Gasteiger partial charge in [-0.05, 0) is 30.3 Å². The molecule has 0 aromatic heterocycles. The molecule has 0 unspecified atom stereocenters. The van der Waals surface area contributed by atoms with Crippen molar-refractivity contribution >= 4 is 23.3 Å². The number of hydrogen-bond donors (Lipinski definition) is 2. The summed E-state index contributed by atoms with van der Waals surface area (Å²) in [6.07, 6.45) is -0.524. The lowest BCUT2D eigenvalue weighted by Crippen LogP contribution is -2.44. The molecule has 1 atom stereocenters. The molecule has 1 aliphatic heterocycles. The summed E-state index contributed by atoms with van der Waals surface area (Å²) in [5.41, 5.74) is 3.81. The minimum Gasteiger partial charge on any atom is -0.375 e. The molecule has 128 valence electrons. The van der Waals surface area contributed by atoms with Crippen molar-refractivity contribution in [3.05, 3.63) is 65.5 Å². The Morgan fingerprint density at radius 2 is 1.76 bits per heavy atom. The second-order valence-corrected chi connectivity index (χ2v) is 5.84. The van der Waals surface area contributed by atoms with Gasteiger partial charge in [-0.1, -0.05) is 18.2 Å². The number of halogens is 1. The van der Waals surface area contributed by atoms with Crippen LogP contribution in [0.3, 0.4) is 0 Å². The molecule has 3 rings (SSSR count). The molecule has 0 saturated carbocycles. The van der Waals surface area contributed by atoms with Crippen LogP contribution in [0.25, 0.3) is 0 Å². The Hall–Kier alpha value is -3.06. The molecule has 7 heteroatoms. The fourth-order valence-electron chi connectivity index (χ4n) is 2.96. The van der Waals surface area contributed by atoms with Crippen LogP contribution in [0.1, 0.15) is 22.3 Å². The van der Waals surface area contributed by atoms with E-state index >= 15 is 0 Å². The number of para-hydroxylation sites is 1. The lowest BCUT2D eigenvalue weighted by Gasteiger charge is -2.22. The van der Waals surface area contributed by atoms with Crippen molar-refractivity contribution in [2.45, 2.75) is 12.0 Å². The maximum Gasteiger partial charge on any atom is 0.264 e. The number of hydrogen-bond acceptors (Lipinski definition) is 4. The Morgan fingerprint density at radius 3 is 2.40 bits per heavy atom. The Kier molecular flexibility index (Phi) is 4.10. The van der Waals surface area contributed by atoms with Crippen LogP contribution in [0.15, 0.2) is 48.5 Å². The van der Waals surface area contributed by atoms with Crippen LogP contribution in [0.2, 0.25) is 0 Å². The van der Waals surface area contributed by atoms with E-state index in [9.17, 15) is 23.9 Å². The van der Waals surface area contributed by atoms with Gasteiger partial charge in [-0.2, -0.15) is 0 Å². The molecule has 0 fully saturated rings. The number of ketones is 1. The number of aliphatic hydroxyl groups is 1. The Labute approximate surface area is 142 Å². The predicted molar refractivity (Wildman–Crippen MR) is 87.2 cm³/mol. The number of benzene rings is 2. The minimum absolute atomic E-state index is 0.174. The second-order valence-electron chi connectivity index (χ2n) is 5.84. The normalized spacial score (nSPS) is 19.0. The van der Waals surface area contributed by atoms with E-state index in [1.165, 1.54) is 18.2 Å². The summed E-state index contributed by atoms with van der Waals surface area (Å²) >= 11 is 0. The SMILES string of the molecule is NC(=O)CN1C(=O)[C@](O)(CC(=O)c2ccc(F)cc2)c2ccccc21. The summed E-state index contributed by atoms with van der Waals surface area (Å²) in [7, 11) is 0. The lowest BCUT2D eigenvalue weighted by molar-refractivity contribution is -0.136. The molecule has 1 aliphatic rings. The summed E-state index contributed by atoms with van der Waals surface area (Å²) in [6, 6.07) is 11.2. The van der Waals surface area contributed by atoms with Gasteiger partial charge in [0.1, 0.15) is 12.4 Å². The molecule has 1 heterocycles. The maximum absolute atomic E-state index is 13.0. The topological polar surface area (TPSA) is 101 Å². The quantitative estimate of drug-likeness (QED) is 0.795. The van der Waals surface area contributed by atoms with Gasteiger partial charge in [0.25, 0.3) is 5.91 Å². The van der Waals surface area contributed by atoms with Crippen molar-refractivity contribution in [1.82, 2.24) is 0 Å². The van der Waals surface area contributed by atoms with Gasteiger partial charge < -0.3 is 10.8 Å². The number of Topliss-reactive ketones (excluding diaryl/α,β-unsaturated/α-hetero) is 1. The number of nitrogens with zero attached hydrogens (tertiary/aromatic N) is 1. The molecule has 2 aromatic rings. The fourth-order valence-corrected chi connectivity index (χ4v) is 2.96. The largest absolute Gasteiger partial charge is 0.375 e. The Bertz CT molecular complexity index is 866. The summed E-state index contributed by atoms with van der Waals surface area (Å²) in [4.78, 5) is 37.5. The van der Waals surface area contributed by atoms with Crippen LogP contribution < -0.4 is 10.6 Å². The number of anilines is 1. The van der Waals surface area contributed by atoms with Crippen molar-refractivity contribution in [2.24, 2.45) is 5.73 Å². The third kappa shape index (κ3) is 2.89. The first-order valence-electron chi connectivity index (χ1n) is 7.54. The zero-order valence-corrected chi connectivity index (χ0v) is 13.1. The van der Waals surface area contributed by atoms with Gasteiger partial charge in [-0.3, -0.25) is 19.3 Å². The smallest absolute Gasteiger partial charge is 0.264 e. The van der Waals surface area contributed by atoms with E-state index in [0.717, 1.165) is 17.0 Å². The first-order valence-corrected chi connectivity index (χ1v) is 7.54. The maximum atomic E-state index is 13.0. The fraction of sp³-hybridized carbons (Fsp3) is 0.167. The van der Waals surface area contributed by atoms with Gasteiger partial charge in [0.2, 0.25) is 5.91 Å². The number of primary amides is 1. The van der Waals surface area contributed by atoms with Crippen LogP contribution in [-0.2, 0) is 15.2 Å². The van der Waals surface area contributed by atoms with Crippen molar-refractivity contribution in [3.8, 4) is 0 Å². The third-order valence-corrected chi connectivity index (χ3v) is 4.14. The zero-order chi connectivity index (χ0) is 18.2. The van der Waals surface area contributed by atoms with E-state index < -0.39 is 42.0 Å². The molecule has 6 nitrogen and oxygen atoms in total. The number of rotatable bonds is 5. The monoisotopic (exact) mass is 342 g/mol. The van der Waals surface area contributed by atoms with E-state index in [4.69, 9.17) is 5.73 Å². The third-order valence-electron chi connectivity index (χ3n) is 4.14. The van der Waals surface area contributed by atoms with Gasteiger partial charge in [0.05, 0.1) is 12.1 Å². The van der Waals surface area contributed by atoms with E-state index in [-0.39, 0.29) is 11.1 Å². The highest BCUT2D eigenvalue weighted by Gasteiger charge is 2.51. The molecule has 0 radical (unpaired) electrons. The molecule has 0 saturated heterocycles. The van der Waals surface area contributed by atoms with Crippen molar-refractivity contribution < 1.29 is 23.9 Å². The van der Waals surface area contributed by atoms with E-state index in [1.807, 2.05) is 0 Å². The van der Waals surface area contributed by atoms with Crippen molar-refractivity contribution in [3.63, 3.8) is 0 Å². The number of carbonyl (C=O) groups is 3. The van der Waals surface area contributed by atoms with Crippen LogP contribution in [0.4, 0.5) is 10.1 Å². The molecule has 0 aliphatic carbocycles. The van der Waals surface area contributed by atoms with Gasteiger partial charge in [0, 0.05) is 11.1 Å². The number of fused-ring (bicyclic) bond motifs is 1. The summed E-state index contributed by atoms with van der Waals surface area (Å²) in [5, 5.41) is 10.9. The first kappa shape index (κ1) is 16.8.